The summed E-state index contributed by atoms with van der Waals surface area (Å²) >= 11 is 0. The predicted molar refractivity (Wildman–Crippen MR) is 75.0 cm³/mol. The van der Waals surface area contributed by atoms with E-state index in [0.29, 0.717) is 0 Å². The summed E-state index contributed by atoms with van der Waals surface area (Å²) in [5, 5.41) is 0. The molecular weight excluding hydrogens is 264 g/mol. The van der Waals surface area contributed by atoms with Crippen LogP contribution in [0.3, 0.4) is 0 Å². The lowest BCUT2D eigenvalue weighted by molar-refractivity contribution is -0.118. The molecule has 1 aliphatic carbocycles. The highest BCUT2D eigenvalue weighted by atomic mass is 28.4. The molecule has 0 aromatic heterocycles. The minimum atomic E-state index is -1.89. The molecule has 100 valence electrons. The standard InChI is InChI=1S/C12H20O4Si2/c1-17(2,3)15-11-7-10(14)12(8-9(11)13)16-18(4,5)6/h7-8H,1-6H3. The Labute approximate surface area is 110 Å². The van der Waals surface area contributed by atoms with E-state index in [1.54, 1.807) is 0 Å². The zero-order valence-electron chi connectivity index (χ0n) is 11.8. The average Bonchev–Trinajstić information content (AvgIpc) is 2.08. The molecule has 0 fully saturated rings. The van der Waals surface area contributed by atoms with E-state index in [1.807, 2.05) is 39.3 Å². The summed E-state index contributed by atoms with van der Waals surface area (Å²) < 4.78 is 11.2. The maximum absolute atomic E-state index is 11.8. The average molecular weight is 284 g/mol. The summed E-state index contributed by atoms with van der Waals surface area (Å²) in [6.07, 6.45) is 2.49. The second kappa shape index (κ2) is 4.85. The van der Waals surface area contributed by atoms with E-state index in [1.165, 1.54) is 12.2 Å². The zero-order chi connectivity index (χ0) is 14.1. The van der Waals surface area contributed by atoms with Gasteiger partial charge in [-0.2, -0.15) is 0 Å². The minimum absolute atomic E-state index is 0.141. The first kappa shape index (κ1) is 14.9. The third kappa shape index (κ3) is 4.62. The van der Waals surface area contributed by atoms with E-state index < -0.39 is 16.6 Å². The van der Waals surface area contributed by atoms with E-state index in [-0.39, 0.29) is 23.1 Å². The number of allylic oxidation sites excluding steroid dienone is 2. The van der Waals surface area contributed by atoms with Gasteiger partial charge in [-0.25, -0.2) is 0 Å². The highest BCUT2D eigenvalue weighted by Gasteiger charge is 2.29. The molecule has 0 aliphatic heterocycles. The highest BCUT2D eigenvalue weighted by Crippen LogP contribution is 2.20. The van der Waals surface area contributed by atoms with Crippen molar-refractivity contribution in [2.24, 2.45) is 0 Å². The van der Waals surface area contributed by atoms with Crippen LogP contribution in [0.4, 0.5) is 0 Å². The Morgan fingerprint density at radius 2 is 1.00 bits per heavy atom. The smallest absolute Gasteiger partial charge is 0.242 e. The van der Waals surface area contributed by atoms with Crippen LogP contribution in [0, 0.1) is 0 Å². The predicted octanol–water partition coefficient (Wildman–Crippen LogP) is 2.61. The van der Waals surface area contributed by atoms with Crippen molar-refractivity contribution in [2.75, 3.05) is 0 Å². The Morgan fingerprint density at radius 3 is 1.22 bits per heavy atom. The monoisotopic (exact) mass is 284 g/mol. The fraction of sp³-hybridized carbons (Fsp3) is 0.500. The summed E-state index contributed by atoms with van der Waals surface area (Å²) in [7, 11) is -3.78. The van der Waals surface area contributed by atoms with Crippen molar-refractivity contribution in [1.82, 2.24) is 0 Å². The molecule has 0 saturated heterocycles. The number of ketones is 2. The second-order valence-electron chi connectivity index (χ2n) is 6.17. The van der Waals surface area contributed by atoms with Gasteiger partial charge in [-0.05, 0) is 39.3 Å². The van der Waals surface area contributed by atoms with E-state index in [4.69, 9.17) is 8.85 Å². The molecule has 0 atom stereocenters. The van der Waals surface area contributed by atoms with E-state index >= 15 is 0 Å². The number of hydrogen-bond acceptors (Lipinski definition) is 4. The third-order valence-corrected chi connectivity index (χ3v) is 3.51. The lowest BCUT2D eigenvalue weighted by atomic mass is 10.1. The number of hydrogen-bond donors (Lipinski definition) is 0. The van der Waals surface area contributed by atoms with Gasteiger partial charge in [0, 0.05) is 12.2 Å². The quantitative estimate of drug-likeness (QED) is 0.588. The maximum Gasteiger partial charge on any atom is 0.242 e. The van der Waals surface area contributed by atoms with Crippen LogP contribution in [0.5, 0.6) is 0 Å². The molecule has 0 radical (unpaired) electrons. The molecular formula is C12H20O4Si2. The summed E-state index contributed by atoms with van der Waals surface area (Å²) in [6.45, 7) is 11.8. The molecule has 1 aliphatic rings. The van der Waals surface area contributed by atoms with Crippen LogP contribution >= 0.6 is 0 Å². The third-order valence-electron chi connectivity index (χ3n) is 1.84. The normalized spacial score (nSPS) is 17.2. The molecule has 4 nitrogen and oxygen atoms in total. The van der Waals surface area contributed by atoms with E-state index in [9.17, 15) is 9.59 Å². The summed E-state index contributed by atoms with van der Waals surface area (Å²) in [5.41, 5.74) is 0. The van der Waals surface area contributed by atoms with Crippen molar-refractivity contribution in [1.29, 1.82) is 0 Å². The Bertz CT molecular complexity index is 394. The second-order valence-corrected chi connectivity index (χ2v) is 15.0. The maximum atomic E-state index is 11.8. The largest absolute Gasteiger partial charge is 0.542 e. The fourth-order valence-electron chi connectivity index (χ4n) is 1.34. The summed E-state index contributed by atoms with van der Waals surface area (Å²) in [4.78, 5) is 23.7. The Balaban J connectivity index is 2.88. The molecule has 0 spiro atoms. The van der Waals surface area contributed by atoms with Gasteiger partial charge in [-0.3, -0.25) is 9.59 Å². The van der Waals surface area contributed by atoms with Crippen molar-refractivity contribution >= 4 is 28.2 Å². The first-order valence-corrected chi connectivity index (χ1v) is 12.7. The van der Waals surface area contributed by atoms with Gasteiger partial charge in [0.05, 0.1) is 0 Å². The van der Waals surface area contributed by atoms with Gasteiger partial charge in [0.1, 0.15) is 0 Å². The van der Waals surface area contributed by atoms with Gasteiger partial charge >= 0.3 is 0 Å². The van der Waals surface area contributed by atoms with Crippen LogP contribution in [0.25, 0.3) is 0 Å². The fourth-order valence-corrected chi connectivity index (χ4v) is 2.98. The highest BCUT2D eigenvalue weighted by molar-refractivity contribution is 6.70. The summed E-state index contributed by atoms with van der Waals surface area (Å²) in [5.74, 6) is -0.292. The number of carbonyl (C=O) groups excluding carboxylic acids is 2. The molecule has 0 aromatic rings. The molecule has 0 unspecified atom stereocenters. The van der Waals surface area contributed by atoms with Gasteiger partial charge < -0.3 is 8.85 Å². The molecule has 18 heavy (non-hydrogen) atoms. The van der Waals surface area contributed by atoms with E-state index in [2.05, 4.69) is 0 Å². The van der Waals surface area contributed by atoms with Crippen molar-refractivity contribution in [2.45, 2.75) is 39.3 Å². The molecule has 1 rings (SSSR count). The first-order valence-electron chi connectivity index (χ1n) is 5.88. The SMILES string of the molecule is C[Si](C)(C)OC1=CC(=O)C(O[Si](C)(C)C)=CC1=O. The summed E-state index contributed by atoms with van der Waals surface area (Å²) in [6, 6.07) is 0. The van der Waals surface area contributed by atoms with Crippen molar-refractivity contribution < 1.29 is 18.4 Å². The minimum Gasteiger partial charge on any atom is -0.542 e. The van der Waals surface area contributed by atoms with Crippen LogP contribution in [0.2, 0.25) is 39.3 Å². The molecule has 0 N–H and O–H groups in total. The molecule has 0 saturated carbocycles. The molecule has 0 amide bonds. The first-order chi connectivity index (χ1) is 7.98. The van der Waals surface area contributed by atoms with Crippen molar-refractivity contribution in [3.63, 3.8) is 0 Å². The van der Waals surface area contributed by atoms with Gasteiger partial charge in [-0.1, -0.05) is 0 Å². The number of carbonyl (C=O) groups is 2. The number of rotatable bonds is 4. The van der Waals surface area contributed by atoms with Gasteiger partial charge in [0.15, 0.2) is 11.5 Å². The van der Waals surface area contributed by atoms with E-state index in [0.717, 1.165) is 0 Å². The van der Waals surface area contributed by atoms with Crippen LogP contribution < -0.4 is 0 Å². The van der Waals surface area contributed by atoms with Crippen LogP contribution in [0.1, 0.15) is 0 Å². The van der Waals surface area contributed by atoms with Crippen molar-refractivity contribution in [3.05, 3.63) is 23.7 Å². The van der Waals surface area contributed by atoms with Crippen LogP contribution in [0.15, 0.2) is 23.7 Å². The zero-order valence-corrected chi connectivity index (χ0v) is 13.8. The van der Waals surface area contributed by atoms with Gasteiger partial charge in [0.2, 0.25) is 28.2 Å². The van der Waals surface area contributed by atoms with Crippen LogP contribution in [-0.2, 0) is 18.4 Å². The van der Waals surface area contributed by atoms with Crippen LogP contribution in [-0.4, -0.2) is 28.2 Å². The van der Waals surface area contributed by atoms with Gasteiger partial charge in [-0.15, -0.1) is 0 Å². The molecule has 0 heterocycles. The Hall–Kier alpha value is -1.15. The Morgan fingerprint density at radius 1 is 0.722 bits per heavy atom. The van der Waals surface area contributed by atoms with Gasteiger partial charge in [0.25, 0.3) is 0 Å². The lowest BCUT2D eigenvalue weighted by Crippen LogP contribution is -2.32. The van der Waals surface area contributed by atoms with Crippen molar-refractivity contribution in [3.8, 4) is 0 Å². The lowest BCUT2D eigenvalue weighted by Gasteiger charge is -2.25. The molecule has 0 aromatic carbocycles. The molecule has 0 bridgehead atoms. The molecule has 6 heteroatoms. The Kier molecular flexibility index (Phi) is 4.02. The topological polar surface area (TPSA) is 52.6 Å².